The van der Waals surface area contributed by atoms with Crippen molar-refractivity contribution in [1.29, 1.82) is 0 Å². The molecule has 5 aliphatic carbocycles. The van der Waals surface area contributed by atoms with Crippen LogP contribution in [0.15, 0.2) is 218 Å². The number of allylic oxidation sites excluding steroid dienone is 6. The van der Waals surface area contributed by atoms with Crippen LogP contribution in [0, 0.1) is 0 Å². The van der Waals surface area contributed by atoms with Crippen LogP contribution in [0.3, 0.4) is 0 Å². The summed E-state index contributed by atoms with van der Waals surface area (Å²) in [6, 6.07) is 59.6. The summed E-state index contributed by atoms with van der Waals surface area (Å²) in [5.74, 6) is -5.52. The Bertz CT molecular complexity index is 6150. The molecule has 145 heavy (non-hydrogen) atoms. The van der Waals surface area contributed by atoms with Crippen LogP contribution in [0.4, 0.5) is 0 Å². The van der Waals surface area contributed by atoms with Gasteiger partial charge in [-0.2, -0.15) is 0 Å². The lowest BCUT2D eigenvalue weighted by Gasteiger charge is -2.42. The molecule has 0 spiro atoms. The Kier molecular flexibility index (Phi) is 36.7. The van der Waals surface area contributed by atoms with E-state index in [9.17, 15) is 99.6 Å². The third-order valence-corrected chi connectivity index (χ3v) is 26.2. The van der Waals surface area contributed by atoms with Gasteiger partial charge in [-0.05, 0) is 196 Å². The van der Waals surface area contributed by atoms with E-state index in [1.807, 2.05) is 88.9 Å². The maximum absolute atomic E-state index is 13.6. The van der Waals surface area contributed by atoms with Crippen molar-refractivity contribution in [3.63, 3.8) is 0 Å². The molecule has 0 bridgehead atoms. The molecule has 0 radical (unpaired) electrons. The molecule has 7 aliphatic rings. The van der Waals surface area contributed by atoms with Crippen molar-refractivity contribution in [2.45, 2.75) is 152 Å². The minimum atomic E-state index is -2.24. The van der Waals surface area contributed by atoms with Crippen molar-refractivity contribution in [1.82, 2.24) is 9.80 Å². The van der Waals surface area contributed by atoms with Crippen LogP contribution in [0.2, 0.25) is 0 Å². The number of phenolic OH excluding ortho intramolecular Hbond substituents is 6. The number of aliphatic hydroxyl groups excluding tert-OH is 4. The van der Waals surface area contributed by atoms with Gasteiger partial charge in [0.1, 0.15) is 95.1 Å². The van der Waals surface area contributed by atoms with Crippen LogP contribution in [-0.4, -0.2) is 260 Å². The number of nitrogens with zero attached hydrogens (tertiary/aromatic N) is 2. The van der Waals surface area contributed by atoms with E-state index in [4.69, 9.17) is 49.4 Å². The lowest BCUT2D eigenvalue weighted by atomic mass is 9.72. The first-order valence-corrected chi connectivity index (χ1v) is 47.1. The van der Waals surface area contributed by atoms with E-state index in [1.54, 1.807) is 26.0 Å². The minimum Gasteiger partial charge on any atom is -0.508 e. The predicted octanol–water partition coefficient (Wildman–Crippen LogP) is 12.1. The summed E-state index contributed by atoms with van der Waals surface area (Å²) >= 11 is 0. The van der Waals surface area contributed by atoms with Gasteiger partial charge in [0.15, 0.2) is 47.3 Å². The first kappa shape index (κ1) is 110. The van der Waals surface area contributed by atoms with Crippen molar-refractivity contribution >= 4 is 81.0 Å². The molecule has 17 rings (SSSR count). The number of likely N-dealkylation sites (N-methyl/N-ethyl adjacent to an activating group) is 2. The molecule has 0 unspecified atom stereocenters. The van der Waals surface area contributed by atoms with Gasteiger partial charge in [-0.15, -0.1) is 12.4 Å². The average Bonchev–Trinajstić information content (AvgIpc) is 0.711. The normalized spacial score (nSPS) is 21.8. The number of carbonyl (C=O) groups excluding carboxylic acids is 8. The van der Waals surface area contributed by atoms with Crippen LogP contribution in [-0.2, 0) is 51.0 Å². The van der Waals surface area contributed by atoms with Crippen molar-refractivity contribution in [3.05, 3.63) is 319 Å². The number of ether oxygens (including phenoxy) is 8. The van der Waals surface area contributed by atoms with Crippen LogP contribution < -0.4 is 30.4 Å². The number of carbonyl (C=O) groups is 8. The Morgan fingerprint density at radius 2 is 0.759 bits per heavy atom. The first-order chi connectivity index (χ1) is 68.8. The summed E-state index contributed by atoms with van der Waals surface area (Å²) in [6.07, 6.45) is -3.47. The monoisotopic (exact) mass is 2000 g/mol. The topological polar surface area (TPSA) is 512 Å². The highest BCUT2D eigenvalue weighted by atomic mass is 35.5. The number of hydrogen-bond donors (Lipinski definition) is 14. The Morgan fingerprint density at radius 3 is 1.07 bits per heavy atom. The smallest absolute Gasteiger partial charge is 0.202 e. The number of aromatic hydroxyl groups is 6. The zero-order valence-electron chi connectivity index (χ0n) is 81.8. The fourth-order valence-corrected chi connectivity index (χ4v) is 18.8. The zero-order valence-corrected chi connectivity index (χ0v) is 82.6. The van der Waals surface area contributed by atoms with Gasteiger partial charge in [-0.3, -0.25) is 38.4 Å². The molecular weight excluding hydrogens is 1880 g/mol. The lowest BCUT2D eigenvalue weighted by molar-refractivity contribution is -0.247. The van der Waals surface area contributed by atoms with Gasteiger partial charge >= 0.3 is 0 Å². The van der Waals surface area contributed by atoms with Crippen LogP contribution in [0.25, 0.3) is 22.3 Å². The number of Topliss-reactive ketones (excluding diaryl/α,β-unsaturated/α-hetero) is 2. The number of ketones is 8. The van der Waals surface area contributed by atoms with Crippen molar-refractivity contribution in [2.24, 2.45) is 11.5 Å². The third-order valence-electron chi connectivity index (χ3n) is 26.2. The van der Waals surface area contributed by atoms with Gasteiger partial charge in [-0.25, -0.2) is 0 Å². The maximum Gasteiger partial charge on any atom is 0.202 e. The van der Waals surface area contributed by atoms with Crippen LogP contribution in [0.1, 0.15) is 198 Å². The maximum atomic E-state index is 13.6. The summed E-state index contributed by atoms with van der Waals surface area (Å²) in [5.41, 5.74) is 16.1. The fourth-order valence-electron chi connectivity index (χ4n) is 18.8. The molecule has 2 fully saturated rings. The lowest BCUT2D eigenvalue weighted by Crippen LogP contribution is -2.53. The van der Waals surface area contributed by atoms with Crippen molar-refractivity contribution in [2.75, 3.05) is 81.9 Å². The van der Waals surface area contributed by atoms with E-state index in [0.29, 0.717) is 13.2 Å². The molecule has 0 aromatic heterocycles. The second kappa shape index (κ2) is 48.3. The molecule has 2 aliphatic heterocycles. The molecule has 764 valence electrons. The van der Waals surface area contributed by atoms with E-state index in [2.05, 4.69) is 109 Å². The molecule has 32 nitrogen and oxygen atoms in total. The molecule has 33 heteroatoms. The van der Waals surface area contributed by atoms with Gasteiger partial charge in [0.25, 0.3) is 0 Å². The number of halogens is 1. The molecule has 0 saturated carbocycles. The largest absolute Gasteiger partial charge is 0.508 e. The summed E-state index contributed by atoms with van der Waals surface area (Å²) in [4.78, 5) is 104. The number of nitrogens with two attached hydrogens (primary N) is 2. The average molecular weight is 2010 g/mol. The van der Waals surface area contributed by atoms with Gasteiger partial charge in [0, 0.05) is 97.1 Å². The Balaban J connectivity index is 0.000000169. The number of fused-ring (bicyclic) bond motifs is 6. The highest BCUT2D eigenvalue weighted by Crippen LogP contribution is 2.56. The zero-order chi connectivity index (χ0) is 104. The van der Waals surface area contributed by atoms with Gasteiger partial charge in [-0.1, -0.05) is 147 Å². The van der Waals surface area contributed by atoms with Crippen molar-refractivity contribution < 1.29 is 138 Å². The molecule has 2 heterocycles. The van der Waals surface area contributed by atoms with E-state index < -0.39 is 191 Å². The SMILES string of the molecule is CCC(=C(c1ccc(OCCN(C)C)cc1)c1cccc(O)c1)c1ccccc1.CCC(=C(c1ccc(OCCN(C)C)cc1)c1cccc(O)c1)c1ccccc1.COc1cccc2c1C(=O)c1c(O)c3c(c(O)c1C2=O)C[C@@](O)(C(=O)CO)C[C@@H]3O[C@H]1C[C@H](N)[C@H](O)[C@H](C)O1.COc1cccc2c1C(=O)c1c(O)c3c(c(O)c1C2=O)C[C@@](O)(C(=O)CO)C[C@@H]3O[C@H]1C[C@H](N)[C@H](O)[C@H](C)O1.Cl.O=C1C=CC(=O)C=C1. The van der Waals surface area contributed by atoms with Crippen molar-refractivity contribution in [3.8, 4) is 57.5 Å². The predicted molar refractivity (Wildman–Crippen MR) is 542 cm³/mol. The summed E-state index contributed by atoms with van der Waals surface area (Å²) < 4.78 is 45.7. The number of hydrogen-bond acceptors (Lipinski definition) is 32. The molecular formula is C112H121ClN4O28. The second-order valence-corrected chi connectivity index (χ2v) is 36.4. The van der Waals surface area contributed by atoms with Gasteiger partial charge < -0.3 is 120 Å². The summed E-state index contributed by atoms with van der Waals surface area (Å²) in [7, 11) is 10.8. The summed E-state index contributed by atoms with van der Waals surface area (Å²) in [6.45, 7) is 8.54. The highest BCUT2D eigenvalue weighted by Gasteiger charge is 2.53. The van der Waals surface area contributed by atoms with E-state index >= 15 is 0 Å². The van der Waals surface area contributed by atoms with E-state index in [0.717, 1.165) is 70.8 Å². The number of rotatable bonds is 26. The Labute approximate surface area is 844 Å². The Morgan fingerprint density at radius 1 is 0.428 bits per heavy atom. The number of aliphatic hydroxyl groups is 6. The van der Waals surface area contributed by atoms with E-state index in [1.165, 1.54) is 97.2 Å². The molecule has 10 aromatic rings. The molecule has 0 amide bonds. The first-order valence-electron chi connectivity index (χ1n) is 47.1. The number of benzene rings is 10. The van der Waals surface area contributed by atoms with E-state index in [-0.39, 0.29) is 104 Å². The van der Waals surface area contributed by atoms with Crippen LogP contribution >= 0.6 is 12.4 Å². The fraction of sp³-hybridized carbons (Fsp3) is 0.321. The second-order valence-electron chi connectivity index (χ2n) is 36.4. The highest BCUT2D eigenvalue weighted by molar-refractivity contribution is 6.33. The standard InChI is InChI=1S/2C27H29NO11.2C26H29NO2.C6H4O2.ClH/c2*1-10-22(31)13(28)6-17(38-10)39-15-8-27(36,16(30)9-29)7-12-19(15)26(35)21-20(24(12)33)23(32)11-4-3-5-14(37-2)18(11)25(21)34;2*1-4-25(20-9-6-5-7-10-20)26(22-11-8-12-23(28)19-22)21-13-15-24(16-14-21)29-18-17-27(2)3;7-5-1-2-6(8)4-3-5;/h2*3-5,10,13,15,17,22,29,31,33,35-36H,6-9,28H2,1-2H3;2*5-16,19,28H,4,17-18H2,1-3H3;1-4H;1H/t2*10-,13-,15-,17-,22+,27-;;;;/m00..../s1. The molecule has 2 saturated heterocycles. The van der Waals surface area contributed by atoms with Crippen LogP contribution in [0.5, 0.6) is 57.5 Å². The minimum absolute atomic E-state index is 0. The van der Waals surface area contributed by atoms with Gasteiger partial charge in [0.2, 0.25) is 11.6 Å². The molecule has 10 aromatic carbocycles. The quantitative estimate of drug-likeness (QED) is 0.0136. The Hall–Kier alpha value is -13.7. The third kappa shape index (κ3) is 24.4. The molecule has 12 atom stereocenters. The van der Waals surface area contributed by atoms with Gasteiger partial charge in [0.05, 0.1) is 84.2 Å². The summed E-state index contributed by atoms with van der Waals surface area (Å²) in [5, 5.41) is 128. The molecule has 16 N–H and O–H groups in total. The number of phenols is 6. The number of methoxy groups -OCH3 is 2.